The predicted octanol–water partition coefficient (Wildman–Crippen LogP) is 12.9. The fourth-order valence-electron chi connectivity index (χ4n) is 4.97. The third-order valence-corrected chi connectivity index (χ3v) is 7.67. The highest BCUT2D eigenvalue weighted by atomic mass is 16.6. The smallest absolute Gasteiger partial charge is 0.313 e. The second-order valence-corrected chi connectivity index (χ2v) is 11.9. The number of ether oxygens (including phenoxy) is 1. The zero-order chi connectivity index (χ0) is 30.6. The van der Waals surface area contributed by atoms with Crippen LogP contribution < -0.4 is 0 Å². The molecule has 0 aliphatic heterocycles. The van der Waals surface area contributed by atoms with Crippen molar-refractivity contribution >= 4 is 11.9 Å². The van der Waals surface area contributed by atoms with E-state index < -0.39 is 0 Å². The Hall–Kier alpha value is -1.90. The van der Waals surface area contributed by atoms with Crippen molar-refractivity contribution in [2.24, 2.45) is 0 Å². The van der Waals surface area contributed by atoms with Crippen LogP contribution in [0.5, 0.6) is 0 Å². The van der Waals surface area contributed by atoms with Gasteiger partial charge < -0.3 is 4.74 Å². The fourth-order valence-corrected chi connectivity index (χ4v) is 4.97. The van der Waals surface area contributed by atoms with E-state index in [9.17, 15) is 9.59 Å². The molecule has 3 nitrogen and oxygen atoms in total. The number of hydrogen-bond donors (Lipinski definition) is 0. The van der Waals surface area contributed by atoms with Crippen LogP contribution in [0.1, 0.15) is 187 Å². The molecule has 242 valence electrons. The quantitative estimate of drug-likeness (QED) is 0.0352. The van der Waals surface area contributed by atoms with E-state index in [0.717, 1.165) is 44.9 Å². The van der Waals surface area contributed by atoms with Crippen molar-refractivity contribution in [3.63, 3.8) is 0 Å². The lowest BCUT2D eigenvalue weighted by molar-refractivity contribution is -0.159. The number of hydrogen-bond acceptors (Lipinski definition) is 3. The topological polar surface area (TPSA) is 43.4 Å². The summed E-state index contributed by atoms with van der Waals surface area (Å²) >= 11 is 0. The van der Waals surface area contributed by atoms with E-state index in [1.54, 1.807) is 0 Å². The second-order valence-electron chi connectivity index (χ2n) is 11.9. The van der Waals surface area contributed by atoms with Crippen LogP contribution >= 0.6 is 0 Å². The van der Waals surface area contributed by atoms with E-state index in [0.29, 0.717) is 12.8 Å². The molecule has 0 unspecified atom stereocenters. The van der Waals surface area contributed by atoms with E-state index in [2.05, 4.69) is 62.5 Å². The zero-order valence-electron chi connectivity index (χ0n) is 27.9. The third kappa shape index (κ3) is 34.3. The maximum Gasteiger partial charge on any atom is 0.313 e. The summed E-state index contributed by atoms with van der Waals surface area (Å²) in [6.07, 6.45) is 48.8. The maximum atomic E-state index is 11.9. The van der Waals surface area contributed by atoms with E-state index >= 15 is 0 Å². The molecule has 0 spiro atoms. The molecule has 3 heteroatoms. The van der Waals surface area contributed by atoms with Crippen LogP contribution in [0.3, 0.4) is 0 Å². The molecule has 0 saturated carbocycles. The zero-order valence-corrected chi connectivity index (χ0v) is 27.9. The lowest BCUT2D eigenvalue weighted by atomic mass is 10.0. The highest BCUT2D eigenvalue weighted by Crippen LogP contribution is 2.14. The summed E-state index contributed by atoms with van der Waals surface area (Å²) in [7, 11) is 0. The number of carbonyl (C=O) groups excluding carboxylic acids is 2. The largest absolute Gasteiger partial charge is 0.393 e. The Morgan fingerprint density at radius 3 is 1.12 bits per heavy atom. The first-order valence-electron chi connectivity index (χ1n) is 18.0. The first-order valence-corrected chi connectivity index (χ1v) is 18.0. The summed E-state index contributed by atoms with van der Waals surface area (Å²) in [5, 5.41) is 0. The summed E-state index contributed by atoms with van der Waals surface area (Å²) in [4.78, 5) is 23.8. The van der Waals surface area contributed by atoms with Gasteiger partial charge in [-0.25, -0.2) is 0 Å². The highest BCUT2D eigenvalue weighted by molar-refractivity contribution is 5.85. The molecule has 42 heavy (non-hydrogen) atoms. The molecule has 0 fully saturated rings. The minimum atomic E-state index is -0.382. The Kier molecular flexibility index (Phi) is 33.7. The SMILES string of the molecule is CCCCC/C=C\C/C=C\C/C=C\C/C=C\CCCC(=O)OC(=O)CCCCCCCCCCCCCCCCCC. The van der Waals surface area contributed by atoms with Crippen molar-refractivity contribution in [3.05, 3.63) is 48.6 Å². The standard InChI is InChI=1S/C39H68O3/c1-3-5-7-9-11-13-15-17-19-21-23-25-27-29-31-33-35-37-39(41)42-38(40)36-34-32-30-28-26-24-22-20-18-16-14-12-10-8-6-4-2/h11,13,17,19,23,25,29,31H,3-10,12,14-16,18,20-22,24,26-28,30,32-37H2,1-2H3/b13-11-,19-17-,25-23-,31-29-. The van der Waals surface area contributed by atoms with Gasteiger partial charge in [0.2, 0.25) is 0 Å². The molecule has 0 heterocycles. The molecule has 0 saturated heterocycles. The predicted molar refractivity (Wildman–Crippen MR) is 184 cm³/mol. The van der Waals surface area contributed by atoms with Crippen molar-refractivity contribution in [2.75, 3.05) is 0 Å². The average Bonchev–Trinajstić information content (AvgIpc) is 2.98. The van der Waals surface area contributed by atoms with Gasteiger partial charge in [-0.1, -0.05) is 172 Å². The van der Waals surface area contributed by atoms with Crippen molar-refractivity contribution in [1.82, 2.24) is 0 Å². The van der Waals surface area contributed by atoms with Gasteiger partial charge in [-0.3, -0.25) is 9.59 Å². The van der Waals surface area contributed by atoms with E-state index in [1.807, 2.05) is 0 Å². The van der Waals surface area contributed by atoms with Crippen molar-refractivity contribution < 1.29 is 14.3 Å². The van der Waals surface area contributed by atoms with Gasteiger partial charge in [0.1, 0.15) is 0 Å². The molecule has 0 radical (unpaired) electrons. The molecule has 0 amide bonds. The van der Waals surface area contributed by atoms with Crippen molar-refractivity contribution in [1.29, 1.82) is 0 Å². The van der Waals surface area contributed by atoms with Crippen LogP contribution in [-0.2, 0) is 14.3 Å². The Bertz CT molecular complexity index is 700. The van der Waals surface area contributed by atoms with E-state index in [1.165, 1.54) is 116 Å². The van der Waals surface area contributed by atoms with Gasteiger partial charge in [0.25, 0.3) is 0 Å². The van der Waals surface area contributed by atoms with Crippen molar-refractivity contribution in [2.45, 2.75) is 187 Å². The molecule has 0 aliphatic rings. The molecule has 0 aromatic heterocycles. The first kappa shape index (κ1) is 40.1. The van der Waals surface area contributed by atoms with Gasteiger partial charge in [-0.2, -0.15) is 0 Å². The first-order chi connectivity index (χ1) is 20.7. The number of carbonyl (C=O) groups is 2. The van der Waals surface area contributed by atoms with Gasteiger partial charge in [0, 0.05) is 12.8 Å². The fraction of sp³-hybridized carbons (Fsp3) is 0.744. The minimum absolute atomic E-state index is 0.308. The molecular weight excluding hydrogens is 516 g/mol. The third-order valence-electron chi connectivity index (χ3n) is 7.67. The molecule has 0 rings (SSSR count). The lowest BCUT2D eigenvalue weighted by Crippen LogP contribution is -2.11. The molecule has 0 aromatic rings. The van der Waals surface area contributed by atoms with Crippen LogP contribution in [0.15, 0.2) is 48.6 Å². The Labute approximate surface area is 261 Å². The molecule has 0 aliphatic carbocycles. The lowest BCUT2D eigenvalue weighted by Gasteiger charge is -2.04. The molecule has 0 bridgehead atoms. The van der Waals surface area contributed by atoms with Crippen molar-refractivity contribution in [3.8, 4) is 0 Å². The van der Waals surface area contributed by atoms with Crippen LogP contribution in [0, 0.1) is 0 Å². The van der Waals surface area contributed by atoms with E-state index in [4.69, 9.17) is 4.74 Å². The molecule has 0 N–H and O–H groups in total. The number of allylic oxidation sites excluding steroid dienone is 8. The minimum Gasteiger partial charge on any atom is -0.393 e. The normalized spacial score (nSPS) is 12.0. The van der Waals surface area contributed by atoms with E-state index in [-0.39, 0.29) is 11.9 Å². The Morgan fingerprint density at radius 2 is 0.690 bits per heavy atom. The van der Waals surface area contributed by atoms with Gasteiger partial charge in [-0.05, 0) is 51.4 Å². The second kappa shape index (κ2) is 35.3. The average molecular weight is 585 g/mol. The van der Waals surface area contributed by atoms with Crippen LogP contribution in [0.25, 0.3) is 0 Å². The summed E-state index contributed by atoms with van der Waals surface area (Å²) in [6, 6.07) is 0. The Balaban J connectivity index is 3.45. The number of unbranched alkanes of at least 4 members (excludes halogenated alkanes) is 19. The van der Waals surface area contributed by atoms with Gasteiger partial charge in [0.05, 0.1) is 0 Å². The monoisotopic (exact) mass is 585 g/mol. The maximum absolute atomic E-state index is 11.9. The van der Waals surface area contributed by atoms with Crippen LogP contribution in [-0.4, -0.2) is 11.9 Å². The molecule has 0 atom stereocenters. The summed E-state index contributed by atoms with van der Waals surface area (Å²) in [5.74, 6) is -0.740. The van der Waals surface area contributed by atoms with Crippen LogP contribution in [0.4, 0.5) is 0 Å². The Morgan fingerprint density at radius 1 is 0.381 bits per heavy atom. The summed E-state index contributed by atoms with van der Waals surface area (Å²) in [6.45, 7) is 4.51. The van der Waals surface area contributed by atoms with Gasteiger partial charge >= 0.3 is 11.9 Å². The number of esters is 2. The van der Waals surface area contributed by atoms with Crippen LogP contribution in [0.2, 0.25) is 0 Å². The highest BCUT2D eigenvalue weighted by Gasteiger charge is 2.09. The molecular formula is C39H68O3. The summed E-state index contributed by atoms with van der Waals surface area (Å²) < 4.78 is 4.98. The summed E-state index contributed by atoms with van der Waals surface area (Å²) in [5.41, 5.74) is 0. The number of rotatable bonds is 31. The van der Waals surface area contributed by atoms with Gasteiger partial charge in [-0.15, -0.1) is 0 Å². The molecule has 0 aromatic carbocycles. The van der Waals surface area contributed by atoms with Gasteiger partial charge in [0.15, 0.2) is 0 Å².